The monoisotopic (exact) mass is 936 g/mol. The Hall–Kier alpha value is -6.70. The Balaban J connectivity index is 0.755. The number of amides is 4. The highest BCUT2D eigenvalue weighted by molar-refractivity contribution is 6.01. The summed E-state index contributed by atoms with van der Waals surface area (Å²) in [5, 5.41) is 27.9. The fourth-order valence-electron chi connectivity index (χ4n) is 12.0. The molecule has 0 bridgehead atoms. The number of halogens is 1. The van der Waals surface area contributed by atoms with Crippen molar-refractivity contribution in [3.8, 4) is 28.6 Å². The molecule has 3 saturated heterocycles. The van der Waals surface area contributed by atoms with E-state index in [2.05, 4.69) is 45.9 Å². The van der Waals surface area contributed by atoms with Crippen LogP contribution in [0.15, 0.2) is 61.3 Å². The lowest BCUT2D eigenvalue weighted by Gasteiger charge is -2.41. The Morgan fingerprint density at radius 1 is 0.986 bits per heavy atom. The van der Waals surface area contributed by atoms with E-state index in [-0.39, 0.29) is 70.6 Å². The van der Waals surface area contributed by atoms with Crippen molar-refractivity contribution in [1.29, 1.82) is 5.26 Å². The van der Waals surface area contributed by atoms with Crippen LogP contribution in [0.5, 0.6) is 0 Å². The smallest absolute Gasteiger partial charge is 0.249 e. The van der Waals surface area contributed by atoms with Crippen LogP contribution in [0.25, 0.3) is 28.0 Å². The first kappa shape index (κ1) is 46.1. The molecule has 5 fully saturated rings. The second kappa shape index (κ2) is 18.3. The maximum atomic E-state index is 15.6. The normalized spacial score (nSPS) is 24.7. The fourth-order valence-corrected chi connectivity index (χ4v) is 12.0. The average molecular weight is 937 g/mol. The summed E-state index contributed by atoms with van der Waals surface area (Å²) in [6.07, 6.45) is 16.6. The van der Waals surface area contributed by atoms with Gasteiger partial charge < -0.3 is 20.4 Å². The van der Waals surface area contributed by atoms with Gasteiger partial charge in [0.1, 0.15) is 34.8 Å². The van der Waals surface area contributed by atoms with Gasteiger partial charge in [-0.2, -0.15) is 15.5 Å². The molecule has 2 aliphatic carbocycles. The lowest BCUT2D eigenvalue weighted by molar-refractivity contribution is -0.135. The number of nitriles is 1. The van der Waals surface area contributed by atoms with Gasteiger partial charge in [0.2, 0.25) is 23.6 Å². The number of pyridine rings is 1. The molecular weight excluding hydrogens is 876 g/mol. The van der Waals surface area contributed by atoms with Crippen LogP contribution in [-0.2, 0) is 19.2 Å². The van der Waals surface area contributed by atoms with Crippen molar-refractivity contribution >= 4 is 40.7 Å². The Bertz CT molecular complexity index is 2830. The van der Waals surface area contributed by atoms with Gasteiger partial charge in [-0.3, -0.25) is 29.2 Å². The van der Waals surface area contributed by atoms with E-state index in [0.29, 0.717) is 65.6 Å². The molecule has 5 unspecified atom stereocenters. The van der Waals surface area contributed by atoms with E-state index in [1.54, 1.807) is 16.9 Å². The number of aromatic nitrogens is 6. The third-order valence-corrected chi connectivity index (χ3v) is 16.3. The van der Waals surface area contributed by atoms with E-state index >= 15 is 4.39 Å². The van der Waals surface area contributed by atoms with Gasteiger partial charge in [-0.15, -0.1) is 0 Å². The lowest BCUT2D eigenvalue weighted by atomic mass is 9.70. The zero-order valence-corrected chi connectivity index (χ0v) is 39.9. The molecule has 10 rings (SSSR count). The van der Waals surface area contributed by atoms with E-state index in [9.17, 15) is 24.4 Å². The summed E-state index contributed by atoms with van der Waals surface area (Å²) in [6, 6.07) is 11.0. The van der Waals surface area contributed by atoms with Gasteiger partial charge in [0.15, 0.2) is 0 Å². The molecular formula is C52H61FN12O4. The summed E-state index contributed by atoms with van der Waals surface area (Å²) in [5.41, 5.74) is 4.62. The van der Waals surface area contributed by atoms with Gasteiger partial charge in [-0.1, -0.05) is 19.9 Å². The van der Waals surface area contributed by atoms with Crippen molar-refractivity contribution in [2.45, 2.75) is 122 Å². The molecule has 1 aromatic carbocycles. The maximum Gasteiger partial charge on any atom is 0.249 e. The number of benzene rings is 1. The first-order valence-electron chi connectivity index (χ1n) is 24.8. The number of imide groups is 1. The predicted octanol–water partition coefficient (Wildman–Crippen LogP) is 7.18. The topological polar surface area (TPSA) is 196 Å². The minimum Gasteiger partial charge on any atom is -0.374 e. The third-order valence-electron chi connectivity index (χ3n) is 16.3. The van der Waals surface area contributed by atoms with Crippen LogP contribution in [0.2, 0.25) is 0 Å². The fraction of sp³-hybridized carbons (Fsp3) is 0.519. The standard InChI is InChI=1S/C52H61FN12O4/c1-5-51(50(69)58-31(2)3)14-18-62(19-15-51)44-10-6-33(26-55-44)47-48-35(25-54)27-57-65(48)30-43(60-47)36-28-56-64(29-36)39-12-16-63(17-13-39)46(67)24-52-23-37(52)21-34(20-32(52)4)40-8-7-38(22-41(40)53)59-42-9-11-45(66)61-49(42)68/h6-8,10,22,26-32,34,37,39,42,59H,5,9,11-21,23-24H2,1-4H3,(H,58,69)(H,61,66,68). The minimum atomic E-state index is -0.573. The third kappa shape index (κ3) is 8.82. The number of anilines is 2. The van der Waals surface area contributed by atoms with Crippen LogP contribution in [0.3, 0.4) is 0 Å². The number of rotatable bonds is 12. The number of piperidine rings is 3. The number of carbonyl (C=O) groups is 4. The molecule has 360 valence electrons. The van der Waals surface area contributed by atoms with Crippen molar-refractivity contribution in [3.63, 3.8) is 0 Å². The number of likely N-dealkylation sites (tertiary alicyclic amines) is 1. The van der Waals surface area contributed by atoms with Gasteiger partial charge in [-0.05, 0) is 125 Å². The van der Waals surface area contributed by atoms with Crippen LogP contribution in [0.4, 0.5) is 15.9 Å². The summed E-state index contributed by atoms with van der Waals surface area (Å²) < 4.78 is 19.3. The molecule has 4 amide bonds. The molecule has 3 N–H and O–H groups in total. The van der Waals surface area contributed by atoms with Gasteiger partial charge in [-0.25, -0.2) is 18.9 Å². The Labute approximate surface area is 401 Å². The highest BCUT2D eigenvalue weighted by Gasteiger charge is 2.61. The number of hydrogen-bond acceptors (Lipinski definition) is 11. The summed E-state index contributed by atoms with van der Waals surface area (Å²) >= 11 is 0. The van der Waals surface area contributed by atoms with Gasteiger partial charge >= 0.3 is 0 Å². The van der Waals surface area contributed by atoms with Crippen LogP contribution >= 0.6 is 0 Å². The summed E-state index contributed by atoms with van der Waals surface area (Å²) in [7, 11) is 0. The van der Waals surface area contributed by atoms with Crippen LogP contribution < -0.4 is 20.9 Å². The van der Waals surface area contributed by atoms with E-state index in [1.807, 2.05) is 66.3 Å². The number of nitrogens with zero attached hydrogens (tertiary/aromatic N) is 9. The van der Waals surface area contributed by atoms with Crippen LogP contribution in [-0.4, -0.2) is 96.2 Å². The summed E-state index contributed by atoms with van der Waals surface area (Å²) in [5.74, 6) is 0.906. The van der Waals surface area contributed by atoms with E-state index in [4.69, 9.17) is 15.1 Å². The molecule has 17 heteroatoms. The van der Waals surface area contributed by atoms with E-state index in [0.717, 1.165) is 81.4 Å². The highest BCUT2D eigenvalue weighted by atomic mass is 19.1. The number of carbonyl (C=O) groups excluding carboxylic acids is 4. The highest BCUT2D eigenvalue weighted by Crippen LogP contribution is 2.68. The second-order valence-corrected chi connectivity index (χ2v) is 20.7. The zero-order chi connectivity index (χ0) is 48.2. The first-order chi connectivity index (χ1) is 33.3. The largest absolute Gasteiger partial charge is 0.374 e. The average Bonchev–Trinajstić information content (AvgIpc) is 3.62. The molecule has 2 saturated carbocycles. The Kier molecular flexibility index (Phi) is 12.2. The zero-order valence-electron chi connectivity index (χ0n) is 39.9. The quantitative estimate of drug-likeness (QED) is 0.107. The van der Waals surface area contributed by atoms with Crippen molar-refractivity contribution in [1.82, 2.24) is 44.9 Å². The number of hydrogen-bond donors (Lipinski definition) is 3. The summed E-state index contributed by atoms with van der Waals surface area (Å²) in [6.45, 7) is 11.0. The minimum absolute atomic E-state index is 0.0398. The molecule has 69 heavy (non-hydrogen) atoms. The van der Waals surface area contributed by atoms with Gasteiger partial charge in [0.25, 0.3) is 0 Å². The molecule has 5 aliphatic rings. The Morgan fingerprint density at radius 3 is 2.46 bits per heavy atom. The predicted molar refractivity (Wildman–Crippen MR) is 257 cm³/mol. The maximum absolute atomic E-state index is 15.6. The van der Waals surface area contributed by atoms with E-state index < -0.39 is 6.04 Å². The van der Waals surface area contributed by atoms with Crippen LogP contribution in [0.1, 0.15) is 121 Å². The number of fused-ring (bicyclic) bond motifs is 2. The number of nitrogens with one attached hydrogen (secondary N) is 3. The molecule has 5 aromatic rings. The first-order valence-corrected chi connectivity index (χ1v) is 24.8. The lowest BCUT2D eigenvalue weighted by Crippen LogP contribution is -2.50. The van der Waals surface area contributed by atoms with Gasteiger partial charge in [0, 0.05) is 74.3 Å². The molecule has 7 heterocycles. The molecule has 0 radical (unpaired) electrons. The van der Waals surface area contributed by atoms with Crippen LogP contribution in [0, 0.1) is 39.8 Å². The Morgan fingerprint density at radius 2 is 1.78 bits per heavy atom. The second-order valence-electron chi connectivity index (χ2n) is 20.7. The molecule has 3 aliphatic heterocycles. The van der Waals surface area contributed by atoms with Crippen molar-refractivity contribution < 1.29 is 23.6 Å². The van der Waals surface area contributed by atoms with Gasteiger partial charge in [0.05, 0.1) is 41.4 Å². The molecule has 0 spiro atoms. The van der Waals surface area contributed by atoms with Crippen molar-refractivity contribution in [3.05, 3.63) is 78.3 Å². The molecule has 5 atom stereocenters. The summed E-state index contributed by atoms with van der Waals surface area (Å²) in [4.78, 5) is 65.0. The van der Waals surface area contributed by atoms with Crippen molar-refractivity contribution in [2.75, 3.05) is 36.4 Å². The molecule has 16 nitrogen and oxygen atoms in total. The molecule has 4 aromatic heterocycles. The van der Waals surface area contributed by atoms with E-state index in [1.165, 1.54) is 6.07 Å². The van der Waals surface area contributed by atoms with Crippen molar-refractivity contribution in [2.24, 2.45) is 22.7 Å². The SMILES string of the molecule is CCC1(C(=O)NC(C)C)CCN(c2ccc(-c3nc(-c4cnn(C5CCN(C(=O)CC67CC6CC(c6ccc(NC8CCC(=O)NC8=O)cc6F)CC7C)CC5)c4)cn4ncc(C#N)c34)cn2)CC1.